The van der Waals surface area contributed by atoms with Crippen LogP contribution in [0, 0.1) is 17.8 Å². The predicted molar refractivity (Wildman–Crippen MR) is 46.2 cm³/mol. The van der Waals surface area contributed by atoms with Gasteiger partial charge in [-0.2, -0.15) is 0 Å². The number of hydrogen-bond acceptors (Lipinski definition) is 2. The molecular formula is C10H5F2N2. The molecule has 0 fully saturated rings. The Labute approximate surface area is 79.2 Å². The first-order valence-corrected chi connectivity index (χ1v) is 3.92. The van der Waals surface area contributed by atoms with Crippen molar-refractivity contribution in [3.63, 3.8) is 0 Å². The van der Waals surface area contributed by atoms with Gasteiger partial charge in [0, 0.05) is 11.6 Å². The molecule has 0 aliphatic heterocycles. The van der Waals surface area contributed by atoms with E-state index in [1.54, 1.807) is 6.07 Å². The van der Waals surface area contributed by atoms with Gasteiger partial charge in [0.15, 0.2) is 0 Å². The fourth-order valence-electron chi connectivity index (χ4n) is 1.12. The summed E-state index contributed by atoms with van der Waals surface area (Å²) < 4.78 is 25.6. The highest BCUT2D eigenvalue weighted by molar-refractivity contribution is 5.58. The van der Waals surface area contributed by atoms with Crippen molar-refractivity contribution in [3.8, 4) is 11.3 Å². The third-order valence-corrected chi connectivity index (χ3v) is 1.69. The molecule has 0 atom stereocenters. The van der Waals surface area contributed by atoms with Gasteiger partial charge in [-0.05, 0) is 24.3 Å². The molecule has 14 heavy (non-hydrogen) atoms. The molecule has 2 rings (SSSR count). The summed E-state index contributed by atoms with van der Waals surface area (Å²) in [5, 5.41) is 7.19. The molecule has 1 radical (unpaired) electrons. The second kappa shape index (κ2) is 3.49. The zero-order valence-corrected chi connectivity index (χ0v) is 7.04. The van der Waals surface area contributed by atoms with E-state index < -0.39 is 11.6 Å². The third-order valence-electron chi connectivity index (χ3n) is 1.69. The lowest BCUT2D eigenvalue weighted by Crippen LogP contribution is -1.88. The maximum Gasteiger partial charge on any atom is 0.126 e. The molecule has 69 valence electrons. The van der Waals surface area contributed by atoms with Gasteiger partial charge in [0.2, 0.25) is 0 Å². The minimum absolute atomic E-state index is 0.365. The van der Waals surface area contributed by atoms with Gasteiger partial charge in [-0.25, -0.2) is 8.78 Å². The van der Waals surface area contributed by atoms with Crippen LogP contribution in [0.1, 0.15) is 0 Å². The SMILES string of the molecule is Fc1cc(F)cc(-c2cc[c]nn2)c1. The van der Waals surface area contributed by atoms with Crippen molar-refractivity contribution >= 4 is 0 Å². The summed E-state index contributed by atoms with van der Waals surface area (Å²) in [4.78, 5) is 0. The van der Waals surface area contributed by atoms with E-state index >= 15 is 0 Å². The Morgan fingerprint density at radius 3 is 2.36 bits per heavy atom. The lowest BCUT2D eigenvalue weighted by molar-refractivity contribution is 0.584. The Kier molecular flexibility index (Phi) is 2.18. The van der Waals surface area contributed by atoms with Gasteiger partial charge in [-0.15, -0.1) is 10.2 Å². The van der Waals surface area contributed by atoms with Crippen LogP contribution in [-0.2, 0) is 0 Å². The molecule has 1 aromatic carbocycles. The minimum atomic E-state index is -0.630. The molecule has 0 saturated carbocycles. The second-order valence-electron chi connectivity index (χ2n) is 2.71. The quantitative estimate of drug-likeness (QED) is 0.690. The first-order valence-electron chi connectivity index (χ1n) is 3.92. The van der Waals surface area contributed by atoms with Crippen LogP contribution < -0.4 is 0 Å². The van der Waals surface area contributed by atoms with Crippen LogP contribution in [0.2, 0.25) is 0 Å². The fourth-order valence-corrected chi connectivity index (χ4v) is 1.12. The van der Waals surface area contributed by atoms with E-state index in [1.165, 1.54) is 18.2 Å². The number of halogens is 2. The van der Waals surface area contributed by atoms with E-state index in [1.807, 2.05) is 0 Å². The van der Waals surface area contributed by atoms with Crippen molar-refractivity contribution in [2.75, 3.05) is 0 Å². The molecule has 0 amide bonds. The molecular weight excluding hydrogens is 186 g/mol. The smallest absolute Gasteiger partial charge is 0.126 e. The molecule has 0 aliphatic carbocycles. The van der Waals surface area contributed by atoms with Crippen LogP contribution in [0.15, 0.2) is 30.3 Å². The summed E-state index contributed by atoms with van der Waals surface area (Å²) in [7, 11) is 0. The molecule has 4 heteroatoms. The highest BCUT2D eigenvalue weighted by atomic mass is 19.1. The average Bonchev–Trinajstić information content (AvgIpc) is 2.18. The van der Waals surface area contributed by atoms with E-state index in [-0.39, 0.29) is 0 Å². The first kappa shape index (κ1) is 8.74. The van der Waals surface area contributed by atoms with E-state index in [0.29, 0.717) is 11.3 Å². The van der Waals surface area contributed by atoms with Crippen LogP contribution in [0.4, 0.5) is 8.78 Å². The topological polar surface area (TPSA) is 25.8 Å². The summed E-state index contributed by atoms with van der Waals surface area (Å²) in [6, 6.07) is 6.33. The molecule has 2 nitrogen and oxygen atoms in total. The van der Waals surface area contributed by atoms with Crippen LogP contribution >= 0.6 is 0 Å². The summed E-state index contributed by atoms with van der Waals surface area (Å²) >= 11 is 0. The van der Waals surface area contributed by atoms with E-state index in [2.05, 4.69) is 16.4 Å². The lowest BCUT2D eigenvalue weighted by atomic mass is 10.1. The third kappa shape index (κ3) is 1.74. The number of rotatable bonds is 1. The lowest BCUT2D eigenvalue weighted by Gasteiger charge is -1.99. The van der Waals surface area contributed by atoms with Gasteiger partial charge in [-0.1, -0.05) is 0 Å². The van der Waals surface area contributed by atoms with Crippen LogP contribution in [0.25, 0.3) is 11.3 Å². The molecule has 0 bridgehead atoms. The molecule has 2 aromatic rings. The Bertz CT molecular complexity index is 423. The predicted octanol–water partition coefficient (Wildman–Crippen LogP) is 2.22. The van der Waals surface area contributed by atoms with E-state index in [4.69, 9.17) is 0 Å². The number of aromatic nitrogens is 2. The average molecular weight is 191 g/mol. The summed E-state index contributed by atoms with van der Waals surface area (Å²) in [5.41, 5.74) is 0.783. The van der Waals surface area contributed by atoms with Gasteiger partial charge >= 0.3 is 0 Å². The summed E-state index contributed by atoms with van der Waals surface area (Å²) in [6.07, 6.45) is 2.48. The van der Waals surface area contributed by atoms with Crippen LogP contribution in [-0.4, -0.2) is 10.2 Å². The fraction of sp³-hybridized carbons (Fsp3) is 0. The van der Waals surface area contributed by atoms with Crippen LogP contribution in [0.3, 0.4) is 0 Å². The van der Waals surface area contributed by atoms with Crippen molar-refractivity contribution < 1.29 is 8.78 Å². The van der Waals surface area contributed by atoms with Gasteiger partial charge < -0.3 is 0 Å². The molecule has 0 spiro atoms. The van der Waals surface area contributed by atoms with Gasteiger partial charge in [-0.3, -0.25) is 0 Å². The molecule has 0 aliphatic rings. The summed E-state index contributed by atoms with van der Waals surface area (Å²) in [6.45, 7) is 0. The maximum atomic E-state index is 12.8. The van der Waals surface area contributed by atoms with Crippen molar-refractivity contribution in [1.82, 2.24) is 10.2 Å². The number of nitrogens with zero attached hydrogens (tertiary/aromatic N) is 2. The van der Waals surface area contributed by atoms with Gasteiger partial charge in [0.05, 0.1) is 5.69 Å². The molecule has 0 unspecified atom stereocenters. The van der Waals surface area contributed by atoms with E-state index in [9.17, 15) is 8.78 Å². The summed E-state index contributed by atoms with van der Waals surface area (Å²) in [5.74, 6) is -1.26. The largest absolute Gasteiger partial charge is 0.207 e. The second-order valence-corrected chi connectivity index (χ2v) is 2.71. The normalized spacial score (nSPS) is 10.1. The molecule has 1 heterocycles. The Morgan fingerprint density at radius 2 is 1.79 bits per heavy atom. The Morgan fingerprint density at radius 1 is 1.07 bits per heavy atom. The van der Waals surface area contributed by atoms with Crippen molar-refractivity contribution in [1.29, 1.82) is 0 Å². The molecule has 0 N–H and O–H groups in total. The van der Waals surface area contributed by atoms with Crippen molar-refractivity contribution in [2.45, 2.75) is 0 Å². The van der Waals surface area contributed by atoms with Crippen LogP contribution in [0.5, 0.6) is 0 Å². The highest BCUT2D eigenvalue weighted by Crippen LogP contribution is 2.18. The standard InChI is InChI=1S/C10H5F2N2/c11-8-4-7(5-9(12)6-8)10-2-1-3-13-14-10/h1-2,4-6H. The number of hydrogen-bond donors (Lipinski definition) is 0. The maximum absolute atomic E-state index is 12.8. The van der Waals surface area contributed by atoms with Crippen molar-refractivity contribution in [3.05, 3.63) is 48.2 Å². The minimum Gasteiger partial charge on any atom is -0.207 e. The zero-order valence-electron chi connectivity index (χ0n) is 7.04. The Balaban J connectivity index is 2.52. The zero-order chi connectivity index (χ0) is 9.97. The van der Waals surface area contributed by atoms with Gasteiger partial charge in [0.25, 0.3) is 0 Å². The van der Waals surface area contributed by atoms with E-state index in [0.717, 1.165) is 6.07 Å². The molecule has 1 aromatic heterocycles. The highest BCUT2D eigenvalue weighted by Gasteiger charge is 2.03. The van der Waals surface area contributed by atoms with Gasteiger partial charge in [0.1, 0.15) is 17.8 Å². The Hall–Kier alpha value is -1.84. The first-order chi connectivity index (χ1) is 6.75. The number of benzene rings is 1. The monoisotopic (exact) mass is 191 g/mol. The van der Waals surface area contributed by atoms with Crippen molar-refractivity contribution in [2.24, 2.45) is 0 Å². The molecule has 0 saturated heterocycles.